The zero-order chi connectivity index (χ0) is 22.5. The molecule has 162 valence electrons. The van der Waals surface area contributed by atoms with Gasteiger partial charge in [0.05, 0.1) is 32.8 Å². The van der Waals surface area contributed by atoms with Crippen LogP contribution in [0.4, 0.5) is 0 Å². The van der Waals surface area contributed by atoms with Crippen molar-refractivity contribution in [1.82, 2.24) is 9.78 Å². The van der Waals surface area contributed by atoms with Gasteiger partial charge in [-0.05, 0) is 52.7 Å². The quantitative estimate of drug-likeness (QED) is 0.172. The summed E-state index contributed by atoms with van der Waals surface area (Å²) < 4.78 is 13.5. The smallest absolute Gasteiger partial charge is 0.205 e. The Kier molecular flexibility index (Phi) is 8.06. The van der Waals surface area contributed by atoms with Crippen LogP contribution in [-0.4, -0.2) is 22.7 Å². The molecular weight excluding hydrogens is 527 g/mol. The van der Waals surface area contributed by atoms with Crippen molar-refractivity contribution in [2.45, 2.75) is 20.1 Å². The summed E-state index contributed by atoms with van der Waals surface area (Å²) in [5.74, 6) is 0.904. The van der Waals surface area contributed by atoms with E-state index in [0.717, 1.165) is 11.1 Å². The predicted octanol–water partition coefficient (Wildman–Crippen LogP) is 7.11. The minimum atomic E-state index is -0.151. The third kappa shape index (κ3) is 5.63. The molecule has 0 amide bonds. The van der Waals surface area contributed by atoms with E-state index in [4.69, 9.17) is 44.3 Å². The first-order chi connectivity index (χ1) is 14.8. The van der Waals surface area contributed by atoms with Gasteiger partial charge in [-0.15, -0.1) is 0 Å². The van der Waals surface area contributed by atoms with Crippen LogP contribution in [0.25, 0.3) is 6.08 Å². The van der Waals surface area contributed by atoms with Gasteiger partial charge in [-0.3, -0.25) is 9.48 Å². The molecule has 31 heavy (non-hydrogen) atoms. The Balaban J connectivity index is 1.80. The van der Waals surface area contributed by atoms with Crippen molar-refractivity contribution in [1.29, 1.82) is 0 Å². The largest absolute Gasteiger partial charge is 0.496 e. The number of benzene rings is 2. The molecule has 1 aromatic heterocycles. The highest BCUT2D eigenvalue weighted by Gasteiger charge is 2.14. The van der Waals surface area contributed by atoms with Gasteiger partial charge in [0, 0.05) is 18.2 Å². The van der Waals surface area contributed by atoms with E-state index >= 15 is 0 Å². The third-order valence-electron chi connectivity index (χ3n) is 4.42. The Morgan fingerprint density at radius 3 is 2.58 bits per heavy atom. The second-order valence-corrected chi connectivity index (χ2v) is 8.49. The first-order valence-electron chi connectivity index (χ1n) is 9.22. The molecule has 0 aliphatic heterocycles. The number of aryl methyl sites for hydroxylation is 1. The molecule has 0 radical (unpaired) electrons. The normalized spacial score (nSPS) is 11.2. The Bertz CT molecular complexity index is 1150. The number of aromatic nitrogens is 2. The minimum Gasteiger partial charge on any atom is -0.496 e. The van der Waals surface area contributed by atoms with Gasteiger partial charge in [-0.25, -0.2) is 0 Å². The van der Waals surface area contributed by atoms with E-state index in [0.29, 0.717) is 43.3 Å². The first kappa shape index (κ1) is 23.7. The van der Waals surface area contributed by atoms with E-state index in [2.05, 4.69) is 21.0 Å². The molecule has 0 bridgehead atoms. The van der Waals surface area contributed by atoms with E-state index in [1.165, 1.54) is 12.1 Å². The molecule has 0 unspecified atom stereocenters. The number of halogens is 4. The van der Waals surface area contributed by atoms with E-state index in [-0.39, 0.29) is 12.4 Å². The standard InChI is InChI=1S/C22H18BrCl3N2O3/c1-3-28-22(15(23)11-27-28)19(29)6-4-13-5-7-20(30-2)14(8-13)12-31-21-10-17(25)16(24)9-18(21)26/h4-11H,3,12H2,1-2H3/b6-4+. The van der Waals surface area contributed by atoms with Crippen molar-refractivity contribution in [3.8, 4) is 11.5 Å². The number of ether oxygens (including phenoxy) is 2. The topological polar surface area (TPSA) is 53.4 Å². The van der Waals surface area contributed by atoms with Crippen LogP contribution in [0.2, 0.25) is 15.1 Å². The van der Waals surface area contributed by atoms with Gasteiger partial charge < -0.3 is 9.47 Å². The molecule has 0 aliphatic carbocycles. The summed E-state index contributed by atoms with van der Waals surface area (Å²) in [6.07, 6.45) is 4.86. The van der Waals surface area contributed by atoms with Crippen LogP contribution in [0.1, 0.15) is 28.5 Å². The van der Waals surface area contributed by atoms with Crippen molar-refractivity contribution >= 4 is 62.6 Å². The molecule has 0 N–H and O–H groups in total. The Hall–Kier alpha value is -1.99. The maximum absolute atomic E-state index is 12.6. The Labute approximate surface area is 203 Å². The van der Waals surface area contributed by atoms with E-state index in [1.54, 1.807) is 30.1 Å². The number of ketones is 1. The number of carbonyl (C=O) groups excluding carboxylic acids is 1. The monoisotopic (exact) mass is 542 g/mol. The number of methoxy groups -OCH3 is 1. The number of hydrogen-bond donors (Lipinski definition) is 0. The van der Waals surface area contributed by atoms with Gasteiger partial charge in [0.2, 0.25) is 5.78 Å². The third-order valence-corrected chi connectivity index (χ3v) is 6.02. The zero-order valence-electron chi connectivity index (χ0n) is 16.7. The van der Waals surface area contributed by atoms with Gasteiger partial charge in [-0.1, -0.05) is 46.9 Å². The van der Waals surface area contributed by atoms with Crippen LogP contribution in [0, 0.1) is 0 Å². The Morgan fingerprint density at radius 1 is 1.13 bits per heavy atom. The summed E-state index contributed by atoms with van der Waals surface area (Å²) in [6.45, 7) is 2.71. The van der Waals surface area contributed by atoms with Gasteiger partial charge in [-0.2, -0.15) is 5.10 Å². The second kappa shape index (κ2) is 10.6. The summed E-state index contributed by atoms with van der Waals surface area (Å²) in [7, 11) is 1.58. The Morgan fingerprint density at radius 2 is 1.87 bits per heavy atom. The molecule has 2 aromatic carbocycles. The second-order valence-electron chi connectivity index (χ2n) is 6.41. The lowest BCUT2D eigenvalue weighted by atomic mass is 10.1. The molecule has 0 spiro atoms. The number of nitrogens with zero attached hydrogens (tertiary/aromatic N) is 2. The van der Waals surface area contributed by atoms with Gasteiger partial charge in [0.1, 0.15) is 23.8 Å². The van der Waals surface area contributed by atoms with Gasteiger partial charge >= 0.3 is 0 Å². The highest BCUT2D eigenvalue weighted by molar-refractivity contribution is 9.10. The maximum Gasteiger partial charge on any atom is 0.205 e. The lowest BCUT2D eigenvalue weighted by Crippen LogP contribution is -2.07. The average Bonchev–Trinajstić information content (AvgIpc) is 3.14. The average molecular weight is 545 g/mol. The number of carbonyl (C=O) groups is 1. The fourth-order valence-corrected chi connectivity index (χ4v) is 3.97. The van der Waals surface area contributed by atoms with Gasteiger partial charge in [0.25, 0.3) is 0 Å². The number of allylic oxidation sites excluding steroid dienone is 1. The lowest BCUT2D eigenvalue weighted by Gasteiger charge is -2.13. The zero-order valence-corrected chi connectivity index (χ0v) is 20.5. The number of rotatable bonds is 8. The molecule has 0 atom stereocenters. The van der Waals surface area contributed by atoms with Crippen molar-refractivity contribution in [3.05, 3.63) is 79.0 Å². The SMILES string of the molecule is CCn1ncc(Br)c1C(=O)/C=C/c1ccc(OC)c(COc2cc(Cl)c(Cl)cc2Cl)c1. The lowest BCUT2D eigenvalue weighted by molar-refractivity contribution is 0.103. The van der Waals surface area contributed by atoms with E-state index in [9.17, 15) is 4.79 Å². The molecule has 0 aliphatic rings. The van der Waals surface area contributed by atoms with Crippen LogP contribution in [0.3, 0.4) is 0 Å². The fraction of sp³-hybridized carbons (Fsp3) is 0.182. The first-order valence-corrected chi connectivity index (χ1v) is 11.1. The van der Waals surface area contributed by atoms with Gasteiger partial charge in [0.15, 0.2) is 0 Å². The van der Waals surface area contributed by atoms with Crippen LogP contribution < -0.4 is 9.47 Å². The van der Waals surface area contributed by atoms with Crippen molar-refractivity contribution in [2.75, 3.05) is 7.11 Å². The maximum atomic E-state index is 12.6. The van der Waals surface area contributed by atoms with Crippen LogP contribution in [-0.2, 0) is 13.2 Å². The van der Waals surface area contributed by atoms with Crippen molar-refractivity contribution in [3.63, 3.8) is 0 Å². The molecule has 0 saturated heterocycles. The van der Waals surface area contributed by atoms with E-state index in [1.807, 2.05) is 25.1 Å². The molecule has 3 rings (SSSR count). The molecule has 1 heterocycles. The highest BCUT2D eigenvalue weighted by Crippen LogP contribution is 2.35. The number of hydrogen-bond acceptors (Lipinski definition) is 4. The van der Waals surface area contributed by atoms with Crippen molar-refractivity contribution < 1.29 is 14.3 Å². The summed E-state index contributed by atoms with van der Waals surface area (Å²) in [5, 5.41) is 5.23. The fourth-order valence-electron chi connectivity index (χ4n) is 2.88. The molecule has 0 saturated carbocycles. The molecule has 0 fully saturated rings. The van der Waals surface area contributed by atoms with Crippen molar-refractivity contribution in [2.24, 2.45) is 0 Å². The highest BCUT2D eigenvalue weighted by atomic mass is 79.9. The molecule has 9 heteroatoms. The summed E-state index contributed by atoms with van der Waals surface area (Å²) >= 11 is 21.6. The predicted molar refractivity (Wildman–Crippen MR) is 128 cm³/mol. The van der Waals surface area contributed by atoms with Crippen LogP contribution in [0.15, 0.2) is 47.1 Å². The van der Waals surface area contributed by atoms with E-state index < -0.39 is 0 Å². The molecular formula is C22H18BrCl3N2O3. The minimum absolute atomic E-state index is 0.151. The van der Waals surface area contributed by atoms with Crippen LogP contribution in [0.5, 0.6) is 11.5 Å². The molecule has 5 nitrogen and oxygen atoms in total. The summed E-state index contributed by atoms with van der Waals surface area (Å²) in [5.41, 5.74) is 2.09. The summed E-state index contributed by atoms with van der Waals surface area (Å²) in [4.78, 5) is 12.6. The summed E-state index contributed by atoms with van der Waals surface area (Å²) in [6, 6.07) is 8.63. The molecule has 3 aromatic rings. The van der Waals surface area contributed by atoms with Crippen LogP contribution >= 0.6 is 50.7 Å².